The van der Waals surface area contributed by atoms with Crippen molar-refractivity contribution in [2.75, 3.05) is 0 Å². The largest absolute Gasteiger partial charge is 0.292 e. The quantitative estimate of drug-likeness (QED) is 0.882. The van der Waals surface area contributed by atoms with Crippen molar-refractivity contribution in [2.24, 2.45) is 5.10 Å². The SMILES string of the molecule is CC1=C/C(=N\NC(=O)c2nn(C(C)C)c(=O)c3ccccc23)CC1. The molecule has 2 aromatic rings. The molecule has 0 saturated heterocycles. The lowest BCUT2D eigenvalue weighted by Gasteiger charge is -2.12. The number of hydrazone groups is 1. The number of hydrogen-bond acceptors (Lipinski definition) is 4. The van der Waals surface area contributed by atoms with Gasteiger partial charge in [0.15, 0.2) is 5.69 Å². The van der Waals surface area contributed by atoms with Gasteiger partial charge in [-0.3, -0.25) is 9.59 Å². The highest BCUT2D eigenvalue weighted by atomic mass is 16.2. The smallest absolute Gasteiger partial charge is 0.267 e. The summed E-state index contributed by atoms with van der Waals surface area (Å²) in [5, 5.41) is 9.45. The van der Waals surface area contributed by atoms with Crippen LogP contribution in [0.3, 0.4) is 0 Å². The molecule has 0 spiro atoms. The molecule has 6 heteroatoms. The maximum Gasteiger partial charge on any atom is 0.292 e. The number of nitrogens with zero attached hydrogens (tertiary/aromatic N) is 3. The summed E-state index contributed by atoms with van der Waals surface area (Å²) in [7, 11) is 0. The second-order valence-electron chi connectivity index (χ2n) is 6.27. The standard InChI is InChI=1S/C18H20N4O2/c1-11(2)22-18(24)15-7-5-4-6-14(15)16(21-22)17(23)20-19-13-9-8-12(3)10-13/h4-7,10-11H,8-9H2,1-3H3,(H,20,23)/b19-13-. The van der Waals surface area contributed by atoms with Crippen LogP contribution < -0.4 is 11.0 Å². The van der Waals surface area contributed by atoms with Crippen molar-refractivity contribution in [1.29, 1.82) is 0 Å². The summed E-state index contributed by atoms with van der Waals surface area (Å²) in [6, 6.07) is 6.87. The molecule has 0 atom stereocenters. The van der Waals surface area contributed by atoms with Gasteiger partial charge < -0.3 is 0 Å². The van der Waals surface area contributed by atoms with Crippen molar-refractivity contribution in [1.82, 2.24) is 15.2 Å². The van der Waals surface area contributed by atoms with E-state index < -0.39 is 5.91 Å². The van der Waals surface area contributed by atoms with Crippen molar-refractivity contribution >= 4 is 22.4 Å². The van der Waals surface area contributed by atoms with Crippen molar-refractivity contribution in [3.05, 3.63) is 52.0 Å². The Balaban J connectivity index is 2.03. The Labute approximate surface area is 139 Å². The summed E-state index contributed by atoms with van der Waals surface area (Å²) >= 11 is 0. The number of hydrogen-bond donors (Lipinski definition) is 1. The number of carbonyl (C=O) groups is 1. The van der Waals surface area contributed by atoms with E-state index in [0.717, 1.165) is 18.6 Å². The highest BCUT2D eigenvalue weighted by molar-refractivity contribution is 6.05. The van der Waals surface area contributed by atoms with Gasteiger partial charge in [0.1, 0.15) is 0 Å². The minimum absolute atomic E-state index is 0.139. The molecule has 24 heavy (non-hydrogen) atoms. The fourth-order valence-electron chi connectivity index (χ4n) is 2.74. The Hall–Kier alpha value is -2.76. The number of rotatable bonds is 3. The van der Waals surface area contributed by atoms with Gasteiger partial charge in [0.25, 0.3) is 11.5 Å². The fourth-order valence-corrected chi connectivity index (χ4v) is 2.74. The van der Waals surface area contributed by atoms with Gasteiger partial charge in [-0.25, -0.2) is 10.1 Å². The molecule has 0 saturated carbocycles. The van der Waals surface area contributed by atoms with E-state index in [4.69, 9.17) is 0 Å². The van der Waals surface area contributed by atoms with Crippen LogP contribution in [0.25, 0.3) is 10.8 Å². The molecule has 1 aromatic carbocycles. The number of allylic oxidation sites excluding steroid dienone is 2. The predicted molar refractivity (Wildman–Crippen MR) is 94.3 cm³/mol. The first kappa shape index (κ1) is 16.1. The van der Waals surface area contributed by atoms with E-state index in [-0.39, 0.29) is 17.3 Å². The van der Waals surface area contributed by atoms with Crippen LogP contribution >= 0.6 is 0 Å². The van der Waals surface area contributed by atoms with Gasteiger partial charge >= 0.3 is 0 Å². The summed E-state index contributed by atoms with van der Waals surface area (Å²) in [6.45, 7) is 5.76. The topological polar surface area (TPSA) is 76.3 Å². The van der Waals surface area contributed by atoms with E-state index in [1.807, 2.05) is 26.8 Å². The van der Waals surface area contributed by atoms with Crippen LogP contribution in [0.4, 0.5) is 0 Å². The molecule has 1 aliphatic carbocycles. The first-order chi connectivity index (χ1) is 11.5. The van der Waals surface area contributed by atoms with Gasteiger partial charge in [0.2, 0.25) is 0 Å². The van der Waals surface area contributed by atoms with Gasteiger partial charge in [0, 0.05) is 5.39 Å². The fraction of sp³-hybridized carbons (Fsp3) is 0.333. The predicted octanol–water partition coefficient (Wildman–Crippen LogP) is 2.80. The Morgan fingerprint density at radius 3 is 2.58 bits per heavy atom. The van der Waals surface area contributed by atoms with Gasteiger partial charge in [-0.05, 0) is 45.8 Å². The van der Waals surface area contributed by atoms with Crippen molar-refractivity contribution in [3.63, 3.8) is 0 Å². The third-order valence-electron chi connectivity index (χ3n) is 4.02. The molecule has 0 bridgehead atoms. The van der Waals surface area contributed by atoms with Gasteiger partial charge in [-0.15, -0.1) is 0 Å². The van der Waals surface area contributed by atoms with Crippen LogP contribution in [0.15, 0.2) is 45.8 Å². The zero-order valence-electron chi connectivity index (χ0n) is 14.0. The second-order valence-corrected chi connectivity index (χ2v) is 6.27. The minimum Gasteiger partial charge on any atom is -0.267 e. The first-order valence-corrected chi connectivity index (χ1v) is 8.03. The first-order valence-electron chi connectivity index (χ1n) is 8.03. The zero-order valence-corrected chi connectivity index (χ0v) is 14.0. The van der Waals surface area contributed by atoms with E-state index in [0.29, 0.717) is 10.8 Å². The van der Waals surface area contributed by atoms with Gasteiger partial charge in [-0.2, -0.15) is 10.2 Å². The molecule has 0 radical (unpaired) electrons. The lowest BCUT2D eigenvalue weighted by Crippen LogP contribution is -2.30. The number of fused-ring (bicyclic) bond motifs is 1. The molecule has 1 heterocycles. The van der Waals surface area contributed by atoms with Crippen LogP contribution in [-0.4, -0.2) is 21.4 Å². The van der Waals surface area contributed by atoms with E-state index >= 15 is 0 Å². The summed E-state index contributed by atoms with van der Waals surface area (Å²) < 4.78 is 1.34. The molecule has 0 fully saturated rings. The summed E-state index contributed by atoms with van der Waals surface area (Å²) in [4.78, 5) is 25.0. The molecule has 0 aliphatic heterocycles. The maximum atomic E-state index is 12.6. The normalized spacial score (nSPS) is 16.0. The number of aromatic nitrogens is 2. The third-order valence-corrected chi connectivity index (χ3v) is 4.02. The molecule has 3 rings (SSSR count). The molecule has 0 unspecified atom stereocenters. The Morgan fingerprint density at radius 2 is 1.96 bits per heavy atom. The van der Waals surface area contributed by atoms with Crippen LogP contribution in [0, 0.1) is 0 Å². The molecular weight excluding hydrogens is 304 g/mol. The van der Waals surface area contributed by atoms with Gasteiger partial charge in [-0.1, -0.05) is 23.8 Å². The van der Waals surface area contributed by atoms with Gasteiger partial charge in [0.05, 0.1) is 17.1 Å². The summed E-state index contributed by atoms with van der Waals surface area (Å²) in [6.07, 6.45) is 3.76. The van der Waals surface area contributed by atoms with Crippen LogP contribution in [0.5, 0.6) is 0 Å². The molecule has 6 nitrogen and oxygen atoms in total. The number of nitrogens with one attached hydrogen (secondary N) is 1. The van der Waals surface area contributed by atoms with Crippen LogP contribution in [0.2, 0.25) is 0 Å². The van der Waals surface area contributed by atoms with Crippen molar-refractivity contribution in [2.45, 2.75) is 39.7 Å². The molecule has 1 N–H and O–H groups in total. The number of amides is 1. The number of benzene rings is 1. The summed E-state index contributed by atoms with van der Waals surface area (Å²) in [5.41, 5.74) is 4.68. The summed E-state index contributed by atoms with van der Waals surface area (Å²) in [5.74, 6) is -0.411. The average molecular weight is 324 g/mol. The van der Waals surface area contributed by atoms with E-state index in [1.54, 1.807) is 24.3 Å². The molecule has 1 amide bonds. The highest BCUT2D eigenvalue weighted by Crippen LogP contribution is 2.16. The average Bonchev–Trinajstić information content (AvgIpc) is 2.98. The third kappa shape index (κ3) is 2.99. The lowest BCUT2D eigenvalue weighted by molar-refractivity contribution is 0.0949. The second kappa shape index (κ2) is 6.39. The van der Waals surface area contributed by atoms with Crippen LogP contribution in [0.1, 0.15) is 50.1 Å². The molecule has 124 valence electrons. The highest BCUT2D eigenvalue weighted by Gasteiger charge is 2.18. The molecule has 1 aliphatic rings. The Morgan fingerprint density at radius 1 is 1.25 bits per heavy atom. The van der Waals surface area contributed by atoms with Crippen molar-refractivity contribution < 1.29 is 4.79 Å². The number of carbonyl (C=O) groups excluding carboxylic acids is 1. The van der Waals surface area contributed by atoms with E-state index in [1.165, 1.54) is 10.3 Å². The lowest BCUT2D eigenvalue weighted by atomic mass is 10.1. The molecular formula is C18H20N4O2. The maximum absolute atomic E-state index is 12.6. The zero-order chi connectivity index (χ0) is 17.3. The van der Waals surface area contributed by atoms with E-state index in [9.17, 15) is 9.59 Å². The Kier molecular flexibility index (Phi) is 4.29. The van der Waals surface area contributed by atoms with Crippen LogP contribution in [-0.2, 0) is 0 Å². The van der Waals surface area contributed by atoms with Crippen molar-refractivity contribution in [3.8, 4) is 0 Å². The Bertz CT molecular complexity index is 922. The van der Waals surface area contributed by atoms with E-state index in [2.05, 4.69) is 15.6 Å². The minimum atomic E-state index is -0.411. The molecule has 1 aromatic heterocycles. The monoisotopic (exact) mass is 324 g/mol.